The second-order valence-corrected chi connectivity index (χ2v) is 3.96. The number of nitrogens with one attached hydrogen (secondary N) is 1. The molecule has 1 rings (SSSR count). The fraction of sp³-hybridized carbons (Fsp3) is 0.308. The smallest absolute Gasteiger partial charge is 0.244 e. The molecule has 0 spiro atoms. The molecule has 0 radical (unpaired) electrons. The molecule has 4 heteroatoms. The van der Waals surface area contributed by atoms with Gasteiger partial charge in [0, 0.05) is 31.4 Å². The molecule has 0 fully saturated rings. The Bertz CT molecular complexity index is 391. The van der Waals surface area contributed by atoms with Crippen molar-refractivity contribution in [1.29, 1.82) is 0 Å². The number of benzene rings is 1. The molecule has 0 aliphatic carbocycles. The van der Waals surface area contributed by atoms with Gasteiger partial charge in [0.2, 0.25) is 5.91 Å². The third kappa shape index (κ3) is 6.09. The molecule has 92 valence electrons. The molecule has 1 amide bonds. The van der Waals surface area contributed by atoms with Crippen molar-refractivity contribution in [3.8, 4) is 0 Å². The van der Waals surface area contributed by atoms with Crippen molar-refractivity contribution in [3.05, 3.63) is 40.9 Å². The van der Waals surface area contributed by atoms with Gasteiger partial charge in [0.1, 0.15) is 0 Å². The number of rotatable bonds is 6. The molecule has 0 heterocycles. The fourth-order valence-corrected chi connectivity index (χ4v) is 1.47. The van der Waals surface area contributed by atoms with Crippen LogP contribution in [-0.4, -0.2) is 26.2 Å². The molecule has 1 aromatic carbocycles. The number of methoxy groups -OCH3 is 1. The lowest BCUT2D eigenvalue weighted by Gasteiger charge is -2.00. The minimum atomic E-state index is -0.110. The summed E-state index contributed by atoms with van der Waals surface area (Å²) in [6, 6.07) is 7.33. The molecule has 0 unspecified atom stereocenters. The minimum absolute atomic E-state index is 0.110. The van der Waals surface area contributed by atoms with E-state index < -0.39 is 0 Å². The Morgan fingerprint density at radius 2 is 2.35 bits per heavy atom. The van der Waals surface area contributed by atoms with Crippen LogP contribution in [0.2, 0.25) is 5.02 Å². The molecule has 0 bridgehead atoms. The van der Waals surface area contributed by atoms with E-state index in [1.54, 1.807) is 25.3 Å². The van der Waals surface area contributed by atoms with Crippen LogP contribution >= 0.6 is 11.6 Å². The van der Waals surface area contributed by atoms with Crippen molar-refractivity contribution in [1.82, 2.24) is 5.32 Å². The number of ether oxygens (including phenoxy) is 1. The van der Waals surface area contributed by atoms with Gasteiger partial charge in [-0.25, -0.2) is 0 Å². The molecule has 0 saturated heterocycles. The number of halogens is 1. The SMILES string of the molecule is COCCCNC(=O)/C=C/c1cccc(Cl)c1. The van der Waals surface area contributed by atoms with Crippen LogP contribution in [-0.2, 0) is 9.53 Å². The third-order valence-electron chi connectivity index (χ3n) is 2.10. The summed E-state index contributed by atoms with van der Waals surface area (Å²) >= 11 is 5.83. The maximum atomic E-state index is 11.4. The van der Waals surface area contributed by atoms with Gasteiger partial charge in [0.05, 0.1) is 0 Å². The number of carbonyl (C=O) groups is 1. The second-order valence-electron chi connectivity index (χ2n) is 3.53. The highest BCUT2D eigenvalue weighted by Crippen LogP contribution is 2.11. The van der Waals surface area contributed by atoms with E-state index >= 15 is 0 Å². The lowest BCUT2D eigenvalue weighted by Crippen LogP contribution is -2.22. The van der Waals surface area contributed by atoms with E-state index in [-0.39, 0.29) is 5.91 Å². The quantitative estimate of drug-likeness (QED) is 0.625. The van der Waals surface area contributed by atoms with Gasteiger partial charge in [-0.3, -0.25) is 4.79 Å². The minimum Gasteiger partial charge on any atom is -0.385 e. The summed E-state index contributed by atoms with van der Waals surface area (Å²) in [6.45, 7) is 1.27. The first-order chi connectivity index (χ1) is 8.22. The standard InChI is InChI=1S/C13H16ClNO2/c1-17-9-3-8-15-13(16)7-6-11-4-2-5-12(14)10-11/h2,4-7,10H,3,8-9H2,1H3,(H,15,16)/b7-6+. The summed E-state index contributed by atoms with van der Waals surface area (Å²) in [6.07, 6.45) is 4.04. The van der Waals surface area contributed by atoms with Crippen LogP contribution in [0.25, 0.3) is 6.08 Å². The zero-order chi connectivity index (χ0) is 12.5. The molecule has 0 aliphatic rings. The number of amides is 1. The zero-order valence-corrected chi connectivity index (χ0v) is 10.5. The van der Waals surface area contributed by atoms with Crippen molar-refractivity contribution < 1.29 is 9.53 Å². The fourth-order valence-electron chi connectivity index (χ4n) is 1.27. The van der Waals surface area contributed by atoms with E-state index in [1.165, 1.54) is 6.08 Å². The Labute approximate surface area is 106 Å². The van der Waals surface area contributed by atoms with E-state index in [4.69, 9.17) is 16.3 Å². The van der Waals surface area contributed by atoms with Crippen molar-refractivity contribution in [2.75, 3.05) is 20.3 Å². The molecule has 0 atom stereocenters. The maximum absolute atomic E-state index is 11.4. The van der Waals surface area contributed by atoms with Crippen molar-refractivity contribution in [3.63, 3.8) is 0 Å². The highest BCUT2D eigenvalue weighted by atomic mass is 35.5. The Balaban J connectivity index is 2.35. The van der Waals surface area contributed by atoms with Crippen LogP contribution in [0.4, 0.5) is 0 Å². The van der Waals surface area contributed by atoms with Gasteiger partial charge in [-0.2, -0.15) is 0 Å². The summed E-state index contributed by atoms with van der Waals surface area (Å²) in [5, 5.41) is 3.42. The van der Waals surface area contributed by atoms with Crippen molar-refractivity contribution in [2.45, 2.75) is 6.42 Å². The topological polar surface area (TPSA) is 38.3 Å². The van der Waals surface area contributed by atoms with E-state index in [2.05, 4.69) is 5.32 Å². The highest BCUT2D eigenvalue weighted by molar-refractivity contribution is 6.30. The number of carbonyl (C=O) groups excluding carboxylic acids is 1. The molecular weight excluding hydrogens is 238 g/mol. The van der Waals surface area contributed by atoms with Crippen molar-refractivity contribution in [2.24, 2.45) is 0 Å². The zero-order valence-electron chi connectivity index (χ0n) is 9.78. The molecule has 17 heavy (non-hydrogen) atoms. The maximum Gasteiger partial charge on any atom is 0.244 e. The van der Waals surface area contributed by atoms with Gasteiger partial charge >= 0.3 is 0 Å². The summed E-state index contributed by atoms with van der Waals surface area (Å²) < 4.78 is 4.88. The summed E-state index contributed by atoms with van der Waals surface area (Å²) in [5.41, 5.74) is 0.907. The van der Waals surface area contributed by atoms with Crippen LogP contribution in [0.15, 0.2) is 30.3 Å². The van der Waals surface area contributed by atoms with Gasteiger partial charge in [0.15, 0.2) is 0 Å². The van der Waals surface area contributed by atoms with Crippen LogP contribution in [0.1, 0.15) is 12.0 Å². The first-order valence-corrected chi connectivity index (χ1v) is 5.80. The van der Waals surface area contributed by atoms with E-state index in [0.717, 1.165) is 12.0 Å². The van der Waals surface area contributed by atoms with E-state index in [0.29, 0.717) is 18.2 Å². The lowest BCUT2D eigenvalue weighted by molar-refractivity contribution is -0.116. The predicted molar refractivity (Wildman–Crippen MR) is 70.0 cm³/mol. The number of hydrogen-bond donors (Lipinski definition) is 1. The third-order valence-corrected chi connectivity index (χ3v) is 2.34. The first-order valence-electron chi connectivity index (χ1n) is 5.43. The molecule has 1 aromatic rings. The molecule has 0 aliphatic heterocycles. The lowest BCUT2D eigenvalue weighted by atomic mass is 10.2. The first kappa shape index (κ1) is 13.7. The molecule has 0 saturated carbocycles. The Kier molecular flexibility index (Phi) is 6.37. The number of hydrogen-bond acceptors (Lipinski definition) is 2. The monoisotopic (exact) mass is 253 g/mol. The van der Waals surface area contributed by atoms with Crippen LogP contribution < -0.4 is 5.32 Å². The second kappa shape index (κ2) is 7.87. The average Bonchev–Trinajstić information content (AvgIpc) is 2.32. The van der Waals surface area contributed by atoms with Gasteiger partial charge in [-0.05, 0) is 30.2 Å². The molecule has 1 N–H and O–H groups in total. The van der Waals surface area contributed by atoms with Gasteiger partial charge in [0.25, 0.3) is 0 Å². The van der Waals surface area contributed by atoms with E-state index in [9.17, 15) is 4.79 Å². The normalized spacial score (nSPS) is 10.7. The average molecular weight is 254 g/mol. The summed E-state index contributed by atoms with van der Waals surface area (Å²) in [4.78, 5) is 11.4. The molecule has 3 nitrogen and oxygen atoms in total. The van der Waals surface area contributed by atoms with Gasteiger partial charge in [-0.15, -0.1) is 0 Å². The Hall–Kier alpha value is -1.32. The highest BCUT2D eigenvalue weighted by Gasteiger charge is 1.95. The van der Waals surface area contributed by atoms with Gasteiger partial charge < -0.3 is 10.1 Å². The molecular formula is C13H16ClNO2. The van der Waals surface area contributed by atoms with Crippen LogP contribution in [0.3, 0.4) is 0 Å². The van der Waals surface area contributed by atoms with Gasteiger partial charge in [-0.1, -0.05) is 23.7 Å². The van der Waals surface area contributed by atoms with Crippen molar-refractivity contribution >= 4 is 23.6 Å². The largest absolute Gasteiger partial charge is 0.385 e. The summed E-state index contributed by atoms with van der Waals surface area (Å²) in [5.74, 6) is -0.110. The van der Waals surface area contributed by atoms with E-state index in [1.807, 2.05) is 12.1 Å². The Morgan fingerprint density at radius 1 is 1.53 bits per heavy atom. The van der Waals surface area contributed by atoms with Crippen LogP contribution in [0, 0.1) is 0 Å². The Morgan fingerprint density at radius 3 is 3.06 bits per heavy atom. The molecule has 0 aromatic heterocycles. The summed E-state index contributed by atoms with van der Waals surface area (Å²) in [7, 11) is 1.64. The predicted octanol–water partition coefficient (Wildman–Crippen LogP) is 2.51. The van der Waals surface area contributed by atoms with Crippen LogP contribution in [0.5, 0.6) is 0 Å².